The zero-order chi connectivity index (χ0) is 18.0. The second-order valence-corrected chi connectivity index (χ2v) is 6.35. The lowest BCUT2D eigenvalue weighted by Crippen LogP contribution is -2.50. The second kappa shape index (κ2) is 6.84. The molecule has 1 heterocycles. The molecule has 1 unspecified atom stereocenters. The smallest absolute Gasteiger partial charge is 0.268 e. The largest absolute Gasteiger partial charge is 0.478 e. The number of nitrogens with zero attached hydrogens (tertiary/aromatic N) is 1. The van der Waals surface area contributed by atoms with E-state index >= 15 is 0 Å². The SMILES string of the molecule is CC(C)C1Oc2ccc(N)cc2N(CC(=O)Nc2ccccc2)C1=O. The molecule has 0 saturated heterocycles. The number of nitrogens with two attached hydrogens (primary N) is 1. The van der Waals surface area contributed by atoms with Crippen molar-refractivity contribution in [3.63, 3.8) is 0 Å². The van der Waals surface area contributed by atoms with Gasteiger partial charge in [-0.15, -0.1) is 0 Å². The standard InChI is InChI=1S/C19H21N3O3/c1-12(2)18-19(24)22(15-10-13(20)8-9-16(15)25-18)11-17(23)21-14-6-4-3-5-7-14/h3-10,12,18H,11,20H2,1-2H3,(H,21,23). The van der Waals surface area contributed by atoms with Crippen molar-refractivity contribution in [2.75, 3.05) is 22.5 Å². The molecular formula is C19H21N3O3. The summed E-state index contributed by atoms with van der Waals surface area (Å²) >= 11 is 0. The molecule has 0 bridgehead atoms. The summed E-state index contributed by atoms with van der Waals surface area (Å²) in [6, 6.07) is 14.2. The first-order valence-electron chi connectivity index (χ1n) is 8.18. The third kappa shape index (κ3) is 3.57. The van der Waals surface area contributed by atoms with Crippen LogP contribution in [0.3, 0.4) is 0 Å². The highest BCUT2D eigenvalue weighted by atomic mass is 16.5. The third-order valence-corrected chi connectivity index (χ3v) is 4.00. The average Bonchev–Trinajstić information content (AvgIpc) is 2.58. The molecule has 1 aliphatic heterocycles. The van der Waals surface area contributed by atoms with Crippen molar-refractivity contribution in [1.82, 2.24) is 0 Å². The normalized spacial score (nSPS) is 16.4. The first-order valence-corrected chi connectivity index (χ1v) is 8.18. The highest BCUT2D eigenvalue weighted by Crippen LogP contribution is 2.37. The zero-order valence-corrected chi connectivity index (χ0v) is 14.2. The Bertz CT molecular complexity index is 790. The second-order valence-electron chi connectivity index (χ2n) is 6.35. The van der Waals surface area contributed by atoms with Gasteiger partial charge in [-0.25, -0.2) is 0 Å². The lowest BCUT2D eigenvalue weighted by atomic mass is 10.0. The Labute approximate surface area is 146 Å². The molecule has 0 aromatic heterocycles. The van der Waals surface area contributed by atoms with Gasteiger partial charge >= 0.3 is 0 Å². The van der Waals surface area contributed by atoms with Crippen molar-refractivity contribution in [2.45, 2.75) is 20.0 Å². The van der Waals surface area contributed by atoms with Crippen LogP contribution < -0.4 is 20.7 Å². The van der Waals surface area contributed by atoms with Gasteiger partial charge in [0.25, 0.3) is 5.91 Å². The minimum absolute atomic E-state index is 0.0158. The number of carbonyl (C=O) groups is 2. The van der Waals surface area contributed by atoms with Crippen molar-refractivity contribution in [3.05, 3.63) is 48.5 Å². The van der Waals surface area contributed by atoms with Gasteiger partial charge < -0.3 is 15.8 Å². The van der Waals surface area contributed by atoms with Crippen molar-refractivity contribution in [2.24, 2.45) is 5.92 Å². The average molecular weight is 339 g/mol. The Morgan fingerprint density at radius 1 is 1.24 bits per heavy atom. The minimum Gasteiger partial charge on any atom is -0.478 e. The molecule has 3 N–H and O–H groups in total. The van der Waals surface area contributed by atoms with E-state index in [2.05, 4.69) is 5.32 Å². The lowest BCUT2D eigenvalue weighted by Gasteiger charge is -2.35. The van der Waals surface area contributed by atoms with Crippen LogP contribution in [0.25, 0.3) is 0 Å². The molecule has 1 atom stereocenters. The highest BCUT2D eigenvalue weighted by molar-refractivity contribution is 6.06. The summed E-state index contributed by atoms with van der Waals surface area (Å²) in [5.41, 5.74) is 7.55. The van der Waals surface area contributed by atoms with Gasteiger partial charge in [0.2, 0.25) is 5.91 Å². The molecular weight excluding hydrogens is 318 g/mol. The number of rotatable bonds is 4. The fourth-order valence-electron chi connectivity index (χ4n) is 2.75. The first-order chi connectivity index (χ1) is 12.0. The van der Waals surface area contributed by atoms with E-state index in [0.29, 0.717) is 22.8 Å². The summed E-state index contributed by atoms with van der Waals surface area (Å²) in [5, 5.41) is 2.79. The molecule has 0 radical (unpaired) electrons. The van der Waals surface area contributed by atoms with Crippen LogP contribution in [0.1, 0.15) is 13.8 Å². The predicted molar refractivity (Wildman–Crippen MR) is 97.5 cm³/mol. The van der Waals surface area contributed by atoms with E-state index in [1.807, 2.05) is 32.0 Å². The number of hydrogen-bond acceptors (Lipinski definition) is 4. The van der Waals surface area contributed by atoms with Gasteiger partial charge in [0.1, 0.15) is 12.3 Å². The van der Waals surface area contributed by atoms with Crippen molar-refractivity contribution >= 4 is 28.9 Å². The number of carbonyl (C=O) groups excluding carboxylic acids is 2. The van der Waals surface area contributed by atoms with Crippen LogP contribution in [0.4, 0.5) is 17.1 Å². The highest BCUT2D eigenvalue weighted by Gasteiger charge is 2.37. The molecule has 2 aromatic carbocycles. The number of fused-ring (bicyclic) bond motifs is 1. The number of nitrogens with one attached hydrogen (secondary N) is 1. The molecule has 3 rings (SSSR count). The van der Waals surface area contributed by atoms with Crippen molar-refractivity contribution in [3.8, 4) is 5.75 Å². The predicted octanol–water partition coefficient (Wildman–Crippen LogP) is 2.66. The van der Waals surface area contributed by atoms with Gasteiger partial charge in [-0.1, -0.05) is 32.0 Å². The van der Waals surface area contributed by atoms with Gasteiger partial charge in [0.05, 0.1) is 5.69 Å². The molecule has 1 aliphatic rings. The van der Waals surface area contributed by atoms with Gasteiger partial charge in [-0.05, 0) is 36.2 Å². The molecule has 0 fully saturated rings. The number of ether oxygens (including phenoxy) is 1. The number of nitrogen functional groups attached to an aromatic ring is 1. The van der Waals surface area contributed by atoms with E-state index < -0.39 is 6.10 Å². The summed E-state index contributed by atoms with van der Waals surface area (Å²) in [4.78, 5) is 26.7. The summed E-state index contributed by atoms with van der Waals surface area (Å²) in [7, 11) is 0. The lowest BCUT2D eigenvalue weighted by molar-refractivity contribution is -0.129. The van der Waals surface area contributed by atoms with E-state index in [1.165, 1.54) is 4.90 Å². The van der Waals surface area contributed by atoms with E-state index in [9.17, 15) is 9.59 Å². The van der Waals surface area contributed by atoms with Crippen LogP contribution >= 0.6 is 0 Å². The number of benzene rings is 2. The first kappa shape index (κ1) is 16.8. The molecule has 25 heavy (non-hydrogen) atoms. The Hall–Kier alpha value is -3.02. The molecule has 6 heteroatoms. The minimum atomic E-state index is -0.624. The maximum absolute atomic E-state index is 12.8. The molecule has 6 nitrogen and oxygen atoms in total. The maximum atomic E-state index is 12.8. The Morgan fingerprint density at radius 2 is 1.96 bits per heavy atom. The van der Waals surface area contributed by atoms with Crippen LogP contribution in [0.5, 0.6) is 5.75 Å². The molecule has 0 spiro atoms. The van der Waals surface area contributed by atoms with Gasteiger partial charge in [-0.2, -0.15) is 0 Å². The van der Waals surface area contributed by atoms with Gasteiger partial charge in [0.15, 0.2) is 6.10 Å². The van der Waals surface area contributed by atoms with E-state index in [1.54, 1.807) is 30.3 Å². The summed E-state index contributed by atoms with van der Waals surface area (Å²) in [6.45, 7) is 3.72. The van der Waals surface area contributed by atoms with E-state index in [-0.39, 0.29) is 24.3 Å². The monoisotopic (exact) mass is 339 g/mol. The van der Waals surface area contributed by atoms with Crippen molar-refractivity contribution in [1.29, 1.82) is 0 Å². The number of anilines is 3. The van der Waals surface area contributed by atoms with Crippen LogP contribution in [0, 0.1) is 5.92 Å². The molecule has 2 amide bonds. The van der Waals surface area contributed by atoms with Crippen LogP contribution in [-0.4, -0.2) is 24.5 Å². The third-order valence-electron chi connectivity index (χ3n) is 4.00. The van der Waals surface area contributed by atoms with Crippen LogP contribution in [-0.2, 0) is 9.59 Å². The number of hydrogen-bond donors (Lipinski definition) is 2. The Kier molecular flexibility index (Phi) is 4.61. The number of para-hydroxylation sites is 1. The molecule has 0 saturated carbocycles. The fourth-order valence-corrected chi connectivity index (χ4v) is 2.75. The quantitative estimate of drug-likeness (QED) is 0.839. The molecule has 2 aromatic rings. The Morgan fingerprint density at radius 3 is 2.64 bits per heavy atom. The van der Waals surface area contributed by atoms with E-state index in [4.69, 9.17) is 10.5 Å². The van der Waals surface area contributed by atoms with Crippen LogP contribution in [0.2, 0.25) is 0 Å². The number of amides is 2. The summed E-state index contributed by atoms with van der Waals surface area (Å²) in [6.07, 6.45) is -0.624. The molecule has 0 aliphatic carbocycles. The topological polar surface area (TPSA) is 84.7 Å². The van der Waals surface area contributed by atoms with Crippen LogP contribution in [0.15, 0.2) is 48.5 Å². The van der Waals surface area contributed by atoms with Gasteiger partial charge in [-0.3, -0.25) is 14.5 Å². The van der Waals surface area contributed by atoms with Gasteiger partial charge in [0, 0.05) is 11.4 Å². The van der Waals surface area contributed by atoms with E-state index in [0.717, 1.165) is 0 Å². The Balaban J connectivity index is 1.86. The fraction of sp³-hybridized carbons (Fsp3) is 0.263. The molecule has 130 valence electrons. The zero-order valence-electron chi connectivity index (χ0n) is 14.2. The maximum Gasteiger partial charge on any atom is 0.268 e. The van der Waals surface area contributed by atoms with Crippen molar-refractivity contribution < 1.29 is 14.3 Å². The summed E-state index contributed by atoms with van der Waals surface area (Å²) < 4.78 is 5.81. The summed E-state index contributed by atoms with van der Waals surface area (Å²) in [5.74, 6) is 0.0199.